The SMILES string of the molecule is CCCCCCCCN[C@@H](CCC(N)=O)C(=O)OC(=O)C(Cc1ccc(OCCn2c(CC)nc3ccccc3c2=O)cc1)OCC. The lowest BCUT2D eigenvalue weighted by atomic mass is 10.1. The molecule has 11 nitrogen and oxygen atoms in total. The zero-order valence-electron chi connectivity index (χ0n) is 28.0. The smallest absolute Gasteiger partial charge is 0.343 e. The molecule has 11 heteroatoms. The molecule has 1 heterocycles. The molecule has 47 heavy (non-hydrogen) atoms. The number of carbonyl (C=O) groups excluding carboxylic acids is 3. The minimum absolute atomic E-state index is 0.00355. The molecule has 2 atom stereocenters. The van der Waals surface area contributed by atoms with E-state index < -0.39 is 30.0 Å². The summed E-state index contributed by atoms with van der Waals surface area (Å²) in [5.41, 5.74) is 6.69. The fourth-order valence-electron chi connectivity index (χ4n) is 5.32. The summed E-state index contributed by atoms with van der Waals surface area (Å²) in [6.45, 7) is 7.33. The van der Waals surface area contributed by atoms with E-state index in [0.29, 0.717) is 42.0 Å². The largest absolute Gasteiger partial charge is 0.492 e. The van der Waals surface area contributed by atoms with E-state index in [1.54, 1.807) is 29.7 Å². The van der Waals surface area contributed by atoms with Gasteiger partial charge in [0.15, 0.2) is 6.10 Å². The molecule has 0 aliphatic rings. The average Bonchev–Trinajstić information content (AvgIpc) is 3.06. The van der Waals surface area contributed by atoms with Crippen molar-refractivity contribution >= 4 is 28.7 Å². The predicted octanol–water partition coefficient (Wildman–Crippen LogP) is 4.64. The molecule has 0 bridgehead atoms. The number of primary amides is 1. The van der Waals surface area contributed by atoms with Crippen LogP contribution in [0.3, 0.4) is 0 Å². The Morgan fingerprint density at radius 1 is 0.936 bits per heavy atom. The van der Waals surface area contributed by atoms with Crippen LogP contribution < -0.4 is 21.3 Å². The maximum atomic E-state index is 13.0. The van der Waals surface area contributed by atoms with Gasteiger partial charge in [-0.15, -0.1) is 0 Å². The molecule has 3 rings (SSSR count). The lowest BCUT2D eigenvalue weighted by Gasteiger charge is -2.19. The van der Waals surface area contributed by atoms with Crippen LogP contribution in [-0.2, 0) is 43.2 Å². The molecule has 2 aromatic carbocycles. The number of fused-ring (bicyclic) bond motifs is 1. The van der Waals surface area contributed by atoms with Gasteiger partial charge >= 0.3 is 11.9 Å². The molecule has 0 aliphatic heterocycles. The highest BCUT2D eigenvalue weighted by Gasteiger charge is 2.28. The van der Waals surface area contributed by atoms with Crippen molar-refractivity contribution in [1.29, 1.82) is 0 Å². The van der Waals surface area contributed by atoms with Gasteiger partial charge in [-0.2, -0.15) is 0 Å². The molecule has 3 N–H and O–H groups in total. The second kappa shape index (κ2) is 20.2. The first-order valence-corrected chi connectivity index (χ1v) is 16.9. The lowest BCUT2D eigenvalue weighted by molar-refractivity contribution is -0.169. The molecule has 0 radical (unpaired) electrons. The number of aryl methyl sites for hydroxylation is 1. The van der Waals surface area contributed by atoms with Crippen molar-refractivity contribution in [2.75, 3.05) is 19.8 Å². The van der Waals surface area contributed by atoms with Gasteiger partial charge in [0.2, 0.25) is 5.91 Å². The van der Waals surface area contributed by atoms with E-state index in [4.69, 9.17) is 19.9 Å². The summed E-state index contributed by atoms with van der Waals surface area (Å²) >= 11 is 0. The zero-order chi connectivity index (χ0) is 34.0. The van der Waals surface area contributed by atoms with Crippen molar-refractivity contribution in [3.63, 3.8) is 0 Å². The number of nitrogens with two attached hydrogens (primary N) is 1. The van der Waals surface area contributed by atoms with Crippen LogP contribution in [0.2, 0.25) is 0 Å². The molecular formula is C36H50N4O7. The van der Waals surface area contributed by atoms with Crippen LogP contribution in [0.1, 0.15) is 83.5 Å². The number of hydrogen-bond acceptors (Lipinski definition) is 9. The lowest BCUT2D eigenvalue weighted by Crippen LogP contribution is -2.42. The fourth-order valence-corrected chi connectivity index (χ4v) is 5.32. The third-order valence-corrected chi connectivity index (χ3v) is 7.90. The van der Waals surface area contributed by atoms with Crippen molar-refractivity contribution in [1.82, 2.24) is 14.9 Å². The van der Waals surface area contributed by atoms with Gasteiger partial charge in [0.25, 0.3) is 5.56 Å². The van der Waals surface area contributed by atoms with Gasteiger partial charge in [0.1, 0.15) is 24.2 Å². The topological polar surface area (TPSA) is 152 Å². The number of para-hydroxylation sites is 1. The van der Waals surface area contributed by atoms with E-state index >= 15 is 0 Å². The minimum Gasteiger partial charge on any atom is -0.492 e. The Balaban J connectivity index is 1.54. The second-order valence-corrected chi connectivity index (χ2v) is 11.5. The second-order valence-electron chi connectivity index (χ2n) is 11.5. The molecule has 1 amide bonds. The number of esters is 2. The van der Waals surface area contributed by atoms with E-state index in [9.17, 15) is 19.2 Å². The molecule has 1 unspecified atom stereocenters. The standard InChI is InChI=1S/C36H50N4O7/c1-4-7-8-9-10-13-22-38-30(20-21-32(37)41)35(43)47-36(44)31(45-6-3)25-26-16-18-27(19-17-26)46-24-23-40-33(5-2)39-29-15-12-11-14-28(29)34(40)42/h11-12,14-19,30-31,38H,4-10,13,20-25H2,1-3H3,(H2,37,41)/t30-,31?/m0/s1. The van der Waals surface area contributed by atoms with Crippen LogP contribution in [0.25, 0.3) is 10.9 Å². The number of aromatic nitrogens is 2. The summed E-state index contributed by atoms with van der Waals surface area (Å²) in [6, 6.07) is 13.7. The molecule has 0 aliphatic carbocycles. The van der Waals surface area contributed by atoms with E-state index in [1.807, 2.05) is 37.3 Å². The number of rotatable bonds is 22. The predicted molar refractivity (Wildman–Crippen MR) is 181 cm³/mol. The zero-order valence-corrected chi connectivity index (χ0v) is 28.0. The van der Waals surface area contributed by atoms with Gasteiger partial charge in [0.05, 0.1) is 17.4 Å². The van der Waals surface area contributed by atoms with Crippen molar-refractivity contribution in [2.24, 2.45) is 5.73 Å². The molecule has 1 aromatic heterocycles. The average molecular weight is 651 g/mol. The van der Waals surface area contributed by atoms with Crippen LogP contribution in [0.5, 0.6) is 5.75 Å². The van der Waals surface area contributed by atoms with Crippen molar-refractivity contribution < 1.29 is 28.6 Å². The van der Waals surface area contributed by atoms with Crippen LogP contribution >= 0.6 is 0 Å². The molecule has 0 spiro atoms. The van der Waals surface area contributed by atoms with Gasteiger partial charge in [-0.05, 0) is 56.1 Å². The number of amides is 1. The fraction of sp³-hybridized carbons (Fsp3) is 0.528. The van der Waals surface area contributed by atoms with E-state index in [-0.39, 0.29) is 38.0 Å². The third-order valence-electron chi connectivity index (χ3n) is 7.90. The Hall–Kier alpha value is -4.09. The number of nitrogens with zero attached hydrogens (tertiary/aromatic N) is 2. The number of benzene rings is 2. The first-order chi connectivity index (χ1) is 22.8. The maximum absolute atomic E-state index is 13.0. The summed E-state index contributed by atoms with van der Waals surface area (Å²) < 4.78 is 18.5. The van der Waals surface area contributed by atoms with Crippen LogP contribution in [-0.4, -0.2) is 59.3 Å². The van der Waals surface area contributed by atoms with Crippen molar-refractivity contribution in [3.05, 3.63) is 70.3 Å². The molecule has 0 fully saturated rings. The summed E-state index contributed by atoms with van der Waals surface area (Å²) in [7, 11) is 0. The van der Waals surface area contributed by atoms with E-state index in [0.717, 1.165) is 24.8 Å². The monoisotopic (exact) mass is 650 g/mol. The van der Waals surface area contributed by atoms with E-state index in [1.165, 1.54) is 19.3 Å². The normalized spacial score (nSPS) is 12.5. The van der Waals surface area contributed by atoms with Crippen LogP contribution in [0, 0.1) is 0 Å². The highest BCUT2D eigenvalue weighted by atomic mass is 16.6. The summed E-state index contributed by atoms with van der Waals surface area (Å²) in [5.74, 6) is -0.757. The number of ether oxygens (including phenoxy) is 3. The van der Waals surface area contributed by atoms with Gasteiger partial charge < -0.3 is 25.3 Å². The van der Waals surface area contributed by atoms with E-state index in [2.05, 4.69) is 17.2 Å². The Morgan fingerprint density at radius 3 is 2.36 bits per heavy atom. The molecule has 3 aromatic rings. The van der Waals surface area contributed by atoms with Gasteiger partial charge in [-0.25, -0.2) is 14.6 Å². The quantitative estimate of drug-likeness (QED) is 0.0900. The third kappa shape index (κ3) is 12.2. The number of nitrogens with one attached hydrogen (secondary N) is 1. The Kier molecular flexibility index (Phi) is 16.1. The number of unbranched alkanes of at least 4 members (excludes halogenated alkanes) is 5. The summed E-state index contributed by atoms with van der Waals surface area (Å²) in [5, 5.41) is 3.70. The Labute approximate surface area is 277 Å². The summed E-state index contributed by atoms with van der Waals surface area (Å²) in [6.07, 6.45) is 6.53. The first-order valence-electron chi connectivity index (χ1n) is 16.9. The Morgan fingerprint density at radius 2 is 1.66 bits per heavy atom. The maximum Gasteiger partial charge on any atom is 0.343 e. The van der Waals surface area contributed by atoms with Crippen molar-refractivity contribution in [3.8, 4) is 5.75 Å². The van der Waals surface area contributed by atoms with Crippen LogP contribution in [0.15, 0.2) is 53.3 Å². The number of hydrogen-bond donors (Lipinski definition) is 2. The molecule has 0 saturated carbocycles. The van der Waals surface area contributed by atoms with Gasteiger partial charge in [0, 0.05) is 25.9 Å². The highest BCUT2D eigenvalue weighted by molar-refractivity contribution is 5.91. The molecular weight excluding hydrogens is 600 g/mol. The highest BCUT2D eigenvalue weighted by Crippen LogP contribution is 2.16. The molecule has 0 saturated heterocycles. The summed E-state index contributed by atoms with van der Waals surface area (Å²) in [4.78, 5) is 55.0. The molecule has 256 valence electrons. The number of carbonyl (C=O) groups is 3. The van der Waals surface area contributed by atoms with Gasteiger partial charge in [-0.1, -0.05) is 70.2 Å². The van der Waals surface area contributed by atoms with Gasteiger partial charge in [-0.3, -0.25) is 14.2 Å². The minimum atomic E-state index is -0.995. The Bertz CT molecular complexity index is 1490. The first kappa shape index (κ1) is 37.4. The van der Waals surface area contributed by atoms with Crippen LogP contribution in [0.4, 0.5) is 0 Å². The van der Waals surface area contributed by atoms with Crippen molar-refractivity contribution in [2.45, 2.75) is 104 Å².